The third kappa shape index (κ3) is 5.29. The summed E-state index contributed by atoms with van der Waals surface area (Å²) < 4.78 is 0. The standard InChI is InChI=1S/C19H15N5O5S/c25-15(22-20-10-11-6-8-13(9-7-11)18(27)28)14(12-4-2-1-3-5-12)30-17-16(26)21-19(29)24-23-17/h1-10,14H,(H,22,25)(H,27,28)(H2,21,24,26,29)/b20-10-. The van der Waals surface area contributed by atoms with Crippen molar-refractivity contribution < 1.29 is 14.7 Å². The van der Waals surface area contributed by atoms with Crippen molar-refractivity contribution in [3.05, 3.63) is 92.1 Å². The normalized spacial score (nSPS) is 11.9. The molecule has 0 saturated heterocycles. The number of hydrogen-bond donors (Lipinski definition) is 4. The van der Waals surface area contributed by atoms with E-state index in [0.717, 1.165) is 11.8 Å². The highest BCUT2D eigenvalue weighted by Crippen LogP contribution is 2.32. The topological polar surface area (TPSA) is 157 Å². The maximum Gasteiger partial charge on any atom is 0.342 e. The van der Waals surface area contributed by atoms with Crippen LogP contribution >= 0.6 is 11.8 Å². The molecule has 0 aliphatic heterocycles. The van der Waals surface area contributed by atoms with Crippen LogP contribution in [0.25, 0.3) is 0 Å². The molecule has 152 valence electrons. The second-order valence-electron chi connectivity index (χ2n) is 5.88. The van der Waals surface area contributed by atoms with E-state index >= 15 is 0 Å². The van der Waals surface area contributed by atoms with E-state index < -0.39 is 28.4 Å². The van der Waals surface area contributed by atoms with Gasteiger partial charge in [-0.3, -0.25) is 14.6 Å². The van der Waals surface area contributed by atoms with Crippen LogP contribution in [0.1, 0.15) is 26.7 Å². The number of aromatic amines is 2. The quantitative estimate of drug-likeness (QED) is 0.251. The Balaban J connectivity index is 1.77. The van der Waals surface area contributed by atoms with E-state index in [4.69, 9.17) is 5.11 Å². The molecule has 0 radical (unpaired) electrons. The van der Waals surface area contributed by atoms with Crippen LogP contribution in [-0.2, 0) is 4.79 Å². The molecule has 11 heteroatoms. The average Bonchev–Trinajstić information content (AvgIpc) is 2.74. The fourth-order valence-corrected chi connectivity index (χ4v) is 3.30. The first-order valence-electron chi connectivity index (χ1n) is 8.51. The highest BCUT2D eigenvalue weighted by molar-refractivity contribution is 8.00. The highest BCUT2D eigenvalue weighted by atomic mass is 32.2. The number of rotatable bonds is 7. The van der Waals surface area contributed by atoms with E-state index in [2.05, 4.69) is 25.7 Å². The van der Waals surface area contributed by atoms with E-state index in [1.54, 1.807) is 42.5 Å². The molecule has 10 nitrogen and oxygen atoms in total. The van der Waals surface area contributed by atoms with Crippen molar-refractivity contribution in [2.45, 2.75) is 10.3 Å². The number of carboxylic acids is 1. The van der Waals surface area contributed by atoms with Gasteiger partial charge in [-0.1, -0.05) is 54.2 Å². The number of nitrogens with one attached hydrogen (secondary N) is 3. The number of aromatic nitrogens is 3. The minimum Gasteiger partial charge on any atom is -0.478 e. The summed E-state index contributed by atoms with van der Waals surface area (Å²) in [6.45, 7) is 0. The molecule has 3 aromatic rings. The van der Waals surface area contributed by atoms with Crippen LogP contribution < -0.4 is 16.7 Å². The van der Waals surface area contributed by atoms with Crippen molar-refractivity contribution in [2.24, 2.45) is 5.10 Å². The average molecular weight is 425 g/mol. The van der Waals surface area contributed by atoms with Crippen molar-refractivity contribution in [3.8, 4) is 0 Å². The Labute approximate surface area is 173 Å². The minimum absolute atomic E-state index is 0.0770. The van der Waals surface area contributed by atoms with Gasteiger partial charge < -0.3 is 5.11 Å². The Morgan fingerprint density at radius 2 is 1.80 bits per heavy atom. The summed E-state index contributed by atoms with van der Waals surface area (Å²) in [6.07, 6.45) is 1.36. The van der Waals surface area contributed by atoms with Crippen LogP contribution in [0.5, 0.6) is 0 Å². The predicted molar refractivity (Wildman–Crippen MR) is 110 cm³/mol. The maximum absolute atomic E-state index is 12.7. The number of hydrazone groups is 1. The molecule has 1 amide bonds. The van der Waals surface area contributed by atoms with Gasteiger partial charge in [-0.15, -0.1) is 0 Å². The Bertz CT molecular complexity index is 1190. The number of nitrogens with zero attached hydrogens (tertiary/aromatic N) is 2. The van der Waals surface area contributed by atoms with Crippen molar-refractivity contribution in [3.63, 3.8) is 0 Å². The number of aromatic carboxylic acids is 1. The fraction of sp³-hybridized carbons (Fsp3) is 0.0526. The summed E-state index contributed by atoms with van der Waals surface area (Å²) in [5, 5.41) is 17.7. The number of carbonyl (C=O) groups excluding carboxylic acids is 1. The monoisotopic (exact) mass is 425 g/mol. The van der Waals surface area contributed by atoms with Gasteiger partial charge in [0.25, 0.3) is 11.5 Å². The van der Waals surface area contributed by atoms with Crippen molar-refractivity contribution in [1.29, 1.82) is 0 Å². The number of H-pyrrole nitrogens is 2. The summed E-state index contributed by atoms with van der Waals surface area (Å²) in [7, 11) is 0. The summed E-state index contributed by atoms with van der Waals surface area (Å²) in [5.41, 5.74) is 2.27. The van der Waals surface area contributed by atoms with Gasteiger partial charge in [0.1, 0.15) is 5.25 Å². The van der Waals surface area contributed by atoms with Crippen LogP contribution in [0.2, 0.25) is 0 Å². The van der Waals surface area contributed by atoms with Crippen LogP contribution in [0.3, 0.4) is 0 Å². The molecule has 1 aromatic heterocycles. The van der Waals surface area contributed by atoms with Gasteiger partial charge in [-0.2, -0.15) is 10.2 Å². The molecule has 1 heterocycles. The van der Waals surface area contributed by atoms with E-state index in [1.807, 2.05) is 0 Å². The van der Waals surface area contributed by atoms with Gasteiger partial charge in [0.05, 0.1) is 11.8 Å². The molecule has 0 aliphatic rings. The number of benzene rings is 2. The van der Waals surface area contributed by atoms with Crippen molar-refractivity contribution in [2.75, 3.05) is 0 Å². The zero-order valence-electron chi connectivity index (χ0n) is 15.2. The first kappa shape index (κ1) is 20.7. The van der Waals surface area contributed by atoms with Crippen LogP contribution in [0, 0.1) is 0 Å². The molecular weight excluding hydrogens is 410 g/mol. The number of amides is 1. The predicted octanol–water partition coefficient (Wildman–Crippen LogP) is 1.14. The lowest BCUT2D eigenvalue weighted by molar-refractivity contribution is -0.120. The lowest BCUT2D eigenvalue weighted by atomic mass is 10.1. The van der Waals surface area contributed by atoms with Crippen LogP contribution in [0.4, 0.5) is 0 Å². The van der Waals surface area contributed by atoms with Gasteiger partial charge in [0.15, 0.2) is 5.03 Å². The van der Waals surface area contributed by atoms with E-state index in [1.165, 1.54) is 18.3 Å². The first-order chi connectivity index (χ1) is 14.4. The highest BCUT2D eigenvalue weighted by Gasteiger charge is 2.24. The second kappa shape index (κ2) is 9.47. The summed E-state index contributed by atoms with van der Waals surface area (Å²) in [5.74, 6) is -1.56. The zero-order valence-corrected chi connectivity index (χ0v) is 16.1. The molecule has 0 aliphatic carbocycles. The third-order valence-electron chi connectivity index (χ3n) is 3.80. The first-order valence-corrected chi connectivity index (χ1v) is 9.39. The number of carbonyl (C=O) groups is 2. The molecule has 0 bridgehead atoms. The molecule has 0 fully saturated rings. The Morgan fingerprint density at radius 1 is 1.10 bits per heavy atom. The largest absolute Gasteiger partial charge is 0.478 e. The Kier molecular flexibility index (Phi) is 6.55. The van der Waals surface area contributed by atoms with Crippen molar-refractivity contribution >= 4 is 29.9 Å². The molecular formula is C19H15N5O5S. The molecule has 30 heavy (non-hydrogen) atoms. The molecule has 1 atom stereocenters. The lowest BCUT2D eigenvalue weighted by Crippen LogP contribution is -2.28. The minimum atomic E-state index is -1.04. The smallest absolute Gasteiger partial charge is 0.342 e. The van der Waals surface area contributed by atoms with Gasteiger partial charge in [0.2, 0.25) is 0 Å². The maximum atomic E-state index is 12.7. The van der Waals surface area contributed by atoms with E-state index in [0.29, 0.717) is 11.1 Å². The number of thioether (sulfide) groups is 1. The second-order valence-corrected chi connectivity index (χ2v) is 6.98. The lowest BCUT2D eigenvalue weighted by Gasteiger charge is -2.14. The Morgan fingerprint density at radius 3 is 2.43 bits per heavy atom. The van der Waals surface area contributed by atoms with Gasteiger partial charge >= 0.3 is 11.7 Å². The Hall–Kier alpha value is -3.99. The number of carboxylic acid groups (broad SMARTS) is 1. The van der Waals surface area contributed by atoms with Gasteiger partial charge in [-0.25, -0.2) is 20.1 Å². The third-order valence-corrected chi connectivity index (χ3v) is 5.02. The van der Waals surface area contributed by atoms with Crippen LogP contribution in [-0.4, -0.2) is 38.4 Å². The summed E-state index contributed by atoms with van der Waals surface area (Å²) in [4.78, 5) is 48.8. The SMILES string of the molecule is O=C(O)c1ccc(/C=N\NC(=O)C(Sc2n[nH]c(=O)[nH]c2=O)c2ccccc2)cc1. The van der Waals surface area contributed by atoms with Crippen LogP contribution in [0.15, 0.2) is 74.3 Å². The molecule has 3 rings (SSSR count). The summed E-state index contributed by atoms with van der Waals surface area (Å²) >= 11 is 0.860. The van der Waals surface area contributed by atoms with Crippen molar-refractivity contribution in [1.82, 2.24) is 20.6 Å². The molecule has 0 saturated carbocycles. The molecule has 2 aromatic carbocycles. The molecule has 0 spiro atoms. The van der Waals surface area contributed by atoms with E-state index in [9.17, 15) is 19.2 Å². The summed E-state index contributed by atoms with van der Waals surface area (Å²) in [6, 6.07) is 14.6. The van der Waals surface area contributed by atoms with E-state index in [-0.39, 0.29) is 10.6 Å². The molecule has 4 N–H and O–H groups in total. The van der Waals surface area contributed by atoms with Gasteiger partial charge in [-0.05, 0) is 23.3 Å². The zero-order chi connectivity index (χ0) is 21.5. The number of hydrogen-bond acceptors (Lipinski definition) is 7. The fourth-order valence-electron chi connectivity index (χ4n) is 2.37. The molecule has 1 unspecified atom stereocenters. The van der Waals surface area contributed by atoms with Gasteiger partial charge in [0, 0.05) is 0 Å².